The first-order valence-electron chi connectivity index (χ1n) is 9.30. The second-order valence-corrected chi connectivity index (χ2v) is 6.36. The highest BCUT2D eigenvalue weighted by Crippen LogP contribution is 2.27. The molecule has 1 atom stereocenters. The Labute approximate surface area is 161 Å². The van der Waals surface area contributed by atoms with Crippen LogP contribution in [0.1, 0.15) is 30.9 Å². The fourth-order valence-electron chi connectivity index (χ4n) is 2.82. The fourth-order valence-corrected chi connectivity index (χ4v) is 2.82. The Bertz CT molecular complexity index is 745. The van der Waals surface area contributed by atoms with Crippen LogP contribution in [0.15, 0.2) is 42.5 Å². The molecule has 5 heteroatoms. The summed E-state index contributed by atoms with van der Waals surface area (Å²) in [5, 5.41) is 2.97. The topological polar surface area (TPSA) is 56.8 Å². The molecule has 0 spiro atoms. The Morgan fingerprint density at radius 1 is 1.04 bits per heavy atom. The van der Waals surface area contributed by atoms with Gasteiger partial charge in [0.2, 0.25) is 0 Å². The zero-order chi connectivity index (χ0) is 19.6. The largest absolute Gasteiger partial charge is 0.493 e. The molecule has 27 heavy (non-hydrogen) atoms. The third-order valence-electron chi connectivity index (χ3n) is 4.42. The van der Waals surface area contributed by atoms with E-state index in [4.69, 9.17) is 14.2 Å². The number of nitrogens with one attached hydrogen (secondary N) is 1. The van der Waals surface area contributed by atoms with Crippen molar-refractivity contribution in [2.24, 2.45) is 0 Å². The molecule has 146 valence electrons. The van der Waals surface area contributed by atoms with E-state index in [9.17, 15) is 4.79 Å². The molecule has 2 aromatic rings. The summed E-state index contributed by atoms with van der Waals surface area (Å²) in [7, 11) is 3.25. The van der Waals surface area contributed by atoms with E-state index in [0.29, 0.717) is 18.7 Å². The monoisotopic (exact) mass is 371 g/mol. The van der Waals surface area contributed by atoms with Crippen LogP contribution in [0.2, 0.25) is 0 Å². The number of methoxy groups -OCH3 is 2. The second kappa shape index (κ2) is 10.5. The number of carbonyl (C=O) groups is 1. The maximum absolute atomic E-state index is 12.4. The van der Waals surface area contributed by atoms with Gasteiger partial charge >= 0.3 is 0 Å². The summed E-state index contributed by atoms with van der Waals surface area (Å²) >= 11 is 0. The molecule has 0 unspecified atom stereocenters. The molecule has 0 fully saturated rings. The van der Waals surface area contributed by atoms with E-state index < -0.39 is 6.10 Å². The van der Waals surface area contributed by atoms with Crippen LogP contribution >= 0.6 is 0 Å². The molecule has 2 rings (SSSR count). The number of hydrogen-bond acceptors (Lipinski definition) is 4. The molecule has 2 aromatic carbocycles. The van der Waals surface area contributed by atoms with Crippen molar-refractivity contribution in [3.05, 3.63) is 53.6 Å². The number of ether oxygens (including phenoxy) is 3. The summed E-state index contributed by atoms with van der Waals surface area (Å²) in [6.45, 7) is 4.52. The lowest BCUT2D eigenvalue weighted by molar-refractivity contribution is -0.128. The van der Waals surface area contributed by atoms with Gasteiger partial charge in [-0.3, -0.25) is 4.79 Å². The minimum Gasteiger partial charge on any atom is -0.493 e. The third-order valence-corrected chi connectivity index (χ3v) is 4.42. The summed E-state index contributed by atoms with van der Waals surface area (Å²) in [6.07, 6.45) is 1.82. The normalized spacial score (nSPS) is 11.6. The lowest BCUT2D eigenvalue weighted by atomic mass is 10.1. The van der Waals surface area contributed by atoms with Gasteiger partial charge < -0.3 is 19.5 Å². The molecule has 0 radical (unpaired) electrons. The van der Waals surface area contributed by atoms with Crippen molar-refractivity contribution in [2.45, 2.75) is 39.2 Å². The smallest absolute Gasteiger partial charge is 0.261 e. The van der Waals surface area contributed by atoms with Gasteiger partial charge in [0.25, 0.3) is 5.91 Å². The Morgan fingerprint density at radius 3 is 2.44 bits per heavy atom. The van der Waals surface area contributed by atoms with Gasteiger partial charge in [-0.2, -0.15) is 0 Å². The molecule has 0 aliphatic rings. The number of benzene rings is 2. The number of para-hydroxylation sites is 1. The van der Waals surface area contributed by atoms with Crippen LogP contribution in [0.5, 0.6) is 17.2 Å². The Balaban J connectivity index is 1.81. The number of hydrogen-bond donors (Lipinski definition) is 1. The first-order valence-corrected chi connectivity index (χ1v) is 9.30. The van der Waals surface area contributed by atoms with Crippen molar-refractivity contribution in [3.63, 3.8) is 0 Å². The van der Waals surface area contributed by atoms with Gasteiger partial charge in [0, 0.05) is 6.54 Å². The van der Waals surface area contributed by atoms with E-state index in [-0.39, 0.29) is 5.91 Å². The molecular formula is C22H29NO4. The molecule has 0 aromatic heterocycles. The van der Waals surface area contributed by atoms with Crippen LogP contribution in [0.25, 0.3) is 0 Å². The van der Waals surface area contributed by atoms with Crippen LogP contribution in [0.3, 0.4) is 0 Å². The summed E-state index contributed by atoms with van der Waals surface area (Å²) in [5.74, 6) is 2.11. The van der Waals surface area contributed by atoms with E-state index in [1.54, 1.807) is 14.2 Å². The highest BCUT2D eigenvalue weighted by atomic mass is 16.5. The number of rotatable bonds is 10. The van der Waals surface area contributed by atoms with Gasteiger partial charge in [0.05, 0.1) is 14.2 Å². The van der Waals surface area contributed by atoms with Crippen molar-refractivity contribution in [1.82, 2.24) is 5.32 Å². The Hall–Kier alpha value is -2.69. The third kappa shape index (κ3) is 5.91. The maximum atomic E-state index is 12.4. The van der Waals surface area contributed by atoms with E-state index in [1.807, 2.05) is 56.3 Å². The molecule has 5 nitrogen and oxygen atoms in total. The Kier molecular flexibility index (Phi) is 7.99. The molecule has 0 saturated carbocycles. The van der Waals surface area contributed by atoms with Crippen molar-refractivity contribution in [1.29, 1.82) is 0 Å². The average molecular weight is 371 g/mol. The summed E-state index contributed by atoms with van der Waals surface area (Å²) in [4.78, 5) is 12.4. The molecule has 0 aliphatic heterocycles. The summed E-state index contributed by atoms with van der Waals surface area (Å²) in [5.41, 5.74) is 2.17. The molecule has 0 bridgehead atoms. The molecule has 1 amide bonds. The molecule has 1 N–H and O–H groups in total. The van der Waals surface area contributed by atoms with E-state index in [1.165, 1.54) is 0 Å². The van der Waals surface area contributed by atoms with Gasteiger partial charge in [-0.1, -0.05) is 31.2 Å². The van der Waals surface area contributed by atoms with E-state index >= 15 is 0 Å². The number of amides is 1. The average Bonchev–Trinajstić information content (AvgIpc) is 2.70. The van der Waals surface area contributed by atoms with Crippen molar-refractivity contribution in [2.75, 3.05) is 20.8 Å². The van der Waals surface area contributed by atoms with Gasteiger partial charge in [-0.05, 0) is 55.5 Å². The first kappa shape index (κ1) is 20.6. The van der Waals surface area contributed by atoms with Crippen molar-refractivity contribution >= 4 is 5.91 Å². The number of carbonyl (C=O) groups excluding carboxylic acids is 1. The highest BCUT2D eigenvalue weighted by molar-refractivity contribution is 5.81. The van der Waals surface area contributed by atoms with E-state index in [0.717, 1.165) is 35.5 Å². The minimum absolute atomic E-state index is 0.0759. The van der Waals surface area contributed by atoms with Crippen LogP contribution in [0.4, 0.5) is 0 Å². The second-order valence-electron chi connectivity index (χ2n) is 6.36. The zero-order valence-electron chi connectivity index (χ0n) is 16.6. The fraction of sp³-hybridized carbons (Fsp3) is 0.409. The van der Waals surface area contributed by atoms with Crippen LogP contribution in [-0.2, 0) is 11.2 Å². The van der Waals surface area contributed by atoms with Crippen LogP contribution in [-0.4, -0.2) is 32.8 Å². The maximum Gasteiger partial charge on any atom is 0.261 e. The molecule has 0 aliphatic carbocycles. The quantitative estimate of drug-likeness (QED) is 0.643. The van der Waals surface area contributed by atoms with Crippen molar-refractivity contribution < 1.29 is 19.0 Å². The van der Waals surface area contributed by atoms with Gasteiger partial charge in [0.15, 0.2) is 17.6 Å². The first-order chi connectivity index (χ1) is 13.1. The molecular weight excluding hydrogens is 342 g/mol. The lowest BCUT2D eigenvalue weighted by Gasteiger charge is -2.18. The highest BCUT2D eigenvalue weighted by Gasteiger charge is 2.18. The zero-order valence-corrected chi connectivity index (χ0v) is 16.6. The molecule has 0 heterocycles. The number of aryl methyl sites for hydroxylation is 2. The van der Waals surface area contributed by atoms with Gasteiger partial charge in [0.1, 0.15) is 5.75 Å². The van der Waals surface area contributed by atoms with Crippen molar-refractivity contribution in [3.8, 4) is 17.2 Å². The molecule has 0 saturated heterocycles. The summed E-state index contributed by atoms with van der Waals surface area (Å²) < 4.78 is 16.5. The lowest BCUT2D eigenvalue weighted by Crippen LogP contribution is -2.38. The van der Waals surface area contributed by atoms with Gasteiger partial charge in [-0.15, -0.1) is 0 Å². The van der Waals surface area contributed by atoms with Crippen LogP contribution in [0, 0.1) is 6.92 Å². The Morgan fingerprint density at radius 2 is 1.78 bits per heavy atom. The SMILES string of the molecule is CC[C@@H](Oc1ccccc1C)C(=O)NCCCc1ccc(OC)c(OC)c1. The standard InChI is InChI=1S/C22H29NO4/c1-5-18(27-19-11-7-6-9-16(19)2)22(24)23-14-8-10-17-12-13-20(25-3)21(15-17)26-4/h6-7,9,11-13,15,18H,5,8,10,14H2,1-4H3,(H,23,24)/t18-/m1/s1. The van der Waals surface area contributed by atoms with Crippen LogP contribution < -0.4 is 19.5 Å². The summed E-state index contributed by atoms with van der Waals surface area (Å²) in [6, 6.07) is 13.6. The van der Waals surface area contributed by atoms with Gasteiger partial charge in [-0.25, -0.2) is 0 Å². The van der Waals surface area contributed by atoms with E-state index in [2.05, 4.69) is 5.32 Å². The predicted octanol–water partition coefficient (Wildman–Crippen LogP) is 3.92. The minimum atomic E-state index is -0.479. The predicted molar refractivity (Wildman–Crippen MR) is 107 cm³/mol.